The summed E-state index contributed by atoms with van der Waals surface area (Å²) in [6, 6.07) is 5.87. The number of ether oxygens (including phenoxy) is 1. The molecule has 1 aromatic carbocycles. The van der Waals surface area contributed by atoms with Crippen LogP contribution in [0.5, 0.6) is 0 Å². The number of hydrogen-bond donors (Lipinski definition) is 1. The maximum Gasteiger partial charge on any atom is 0.355 e. The average Bonchev–Trinajstić information content (AvgIpc) is 2.57. The third-order valence-corrected chi connectivity index (χ3v) is 2.99. The normalized spacial score (nSPS) is 10.7. The summed E-state index contributed by atoms with van der Waals surface area (Å²) in [4.78, 5) is 14.7. The molecule has 3 nitrogen and oxygen atoms in total. The third-order valence-electron chi connectivity index (χ3n) is 2.50. The zero-order valence-electron chi connectivity index (χ0n) is 9.13. The largest absolute Gasteiger partial charge is 0.461 e. The monoisotopic (exact) mass is 281 g/mol. The van der Waals surface area contributed by atoms with Gasteiger partial charge in [-0.1, -0.05) is 15.9 Å². The summed E-state index contributed by atoms with van der Waals surface area (Å²) in [6.07, 6.45) is 0. The van der Waals surface area contributed by atoms with Gasteiger partial charge in [0.05, 0.1) is 6.61 Å². The number of fused-ring (bicyclic) bond motifs is 1. The Kier molecular flexibility index (Phi) is 3.01. The number of nitrogens with one attached hydrogen (secondary N) is 1. The number of carbonyl (C=O) groups is 1. The fraction of sp³-hybridized carbons (Fsp3) is 0.250. The van der Waals surface area contributed by atoms with E-state index in [4.69, 9.17) is 4.74 Å². The second-order valence-corrected chi connectivity index (χ2v) is 4.45. The van der Waals surface area contributed by atoms with Gasteiger partial charge in [0.2, 0.25) is 0 Å². The van der Waals surface area contributed by atoms with E-state index in [2.05, 4.69) is 20.9 Å². The van der Waals surface area contributed by atoms with Crippen molar-refractivity contribution in [2.24, 2.45) is 0 Å². The Morgan fingerprint density at radius 2 is 2.25 bits per heavy atom. The lowest BCUT2D eigenvalue weighted by atomic mass is 10.1. The highest BCUT2D eigenvalue weighted by Crippen LogP contribution is 2.25. The van der Waals surface area contributed by atoms with Gasteiger partial charge in [0.1, 0.15) is 5.69 Å². The molecule has 0 atom stereocenters. The van der Waals surface area contributed by atoms with Crippen LogP contribution in [0, 0.1) is 6.92 Å². The highest BCUT2D eigenvalue weighted by Gasteiger charge is 2.15. The molecular weight excluding hydrogens is 270 g/mol. The van der Waals surface area contributed by atoms with Crippen LogP contribution in [0.1, 0.15) is 23.0 Å². The van der Waals surface area contributed by atoms with Crippen LogP contribution >= 0.6 is 15.9 Å². The summed E-state index contributed by atoms with van der Waals surface area (Å²) in [5.41, 5.74) is 2.41. The lowest BCUT2D eigenvalue weighted by Gasteiger charge is -1.99. The maximum absolute atomic E-state index is 11.7. The predicted octanol–water partition coefficient (Wildman–Crippen LogP) is 3.42. The minimum Gasteiger partial charge on any atom is -0.461 e. The molecule has 0 saturated carbocycles. The Morgan fingerprint density at radius 3 is 2.94 bits per heavy atom. The molecule has 84 valence electrons. The molecule has 1 heterocycles. The third kappa shape index (κ3) is 1.85. The fourth-order valence-corrected chi connectivity index (χ4v) is 2.07. The van der Waals surface area contributed by atoms with E-state index in [1.165, 1.54) is 0 Å². The first-order valence-corrected chi connectivity index (χ1v) is 5.87. The van der Waals surface area contributed by atoms with Gasteiger partial charge >= 0.3 is 5.97 Å². The number of rotatable bonds is 2. The van der Waals surface area contributed by atoms with E-state index in [0.29, 0.717) is 12.3 Å². The van der Waals surface area contributed by atoms with Crippen LogP contribution < -0.4 is 0 Å². The van der Waals surface area contributed by atoms with Crippen molar-refractivity contribution < 1.29 is 9.53 Å². The number of benzene rings is 1. The molecule has 4 heteroatoms. The Bertz CT molecular complexity index is 545. The summed E-state index contributed by atoms with van der Waals surface area (Å²) < 4.78 is 5.98. The Morgan fingerprint density at radius 1 is 1.50 bits per heavy atom. The van der Waals surface area contributed by atoms with E-state index >= 15 is 0 Å². The van der Waals surface area contributed by atoms with Crippen molar-refractivity contribution >= 4 is 32.8 Å². The standard InChI is InChI=1S/C12H12BrNO2/c1-3-16-12(15)11-7(2)9-6-8(13)4-5-10(9)14-11/h4-6,14H,3H2,1-2H3. The van der Waals surface area contributed by atoms with Gasteiger partial charge in [0.25, 0.3) is 0 Å². The summed E-state index contributed by atoms with van der Waals surface area (Å²) >= 11 is 3.41. The number of esters is 1. The van der Waals surface area contributed by atoms with Crippen LogP contribution in [0.3, 0.4) is 0 Å². The van der Waals surface area contributed by atoms with Crippen LogP contribution in [0.25, 0.3) is 10.9 Å². The second kappa shape index (κ2) is 4.29. The molecule has 0 aliphatic heterocycles. The van der Waals surface area contributed by atoms with Crippen molar-refractivity contribution in [3.05, 3.63) is 33.9 Å². The van der Waals surface area contributed by atoms with E-state index in [1.807, 2.05) is 25.1 Å². The Balaban J connectivity index is 2.56. The smallest absolute Gasteiger partial charge is 0.355 e. The van der Waals surface area contributed by atoms with Gasteiger partial charge in [-0.05, 0) is 37.6 Å². The molecule has 1 aromatic heterocycles. The highest BCUT2D eigenvalue weighted by molar-refractivity contribution is 9.10. The SMILES string of the molecule is CCOC(=O)c1[nH]c2ccc(Br)cc2c1C. The van der Waals surface area contributed by atoms with Crippen molar-refractivity contribution in [2.45, 2.75) is 13.8 Å². The van der Waals surface area contributed by atoms with E-state index < -0.39 is 0 Å². The van der Waals surface area contributed by atoms with Crippen molar-refractivity contribution in [2.75, 3.05) is 6.61 Å². The first-order chi connectivity index (χ1) is 7.63. The number of carbonyl (C=O) groups excluding carboxylic acids is 1. The van der Waals surface area contributed by atoms with Crippen molar-refractivity contribution in [1.82, 2.24) is 4.98 Å². The Labute approximate surface area is 102 Å². The summed E-state index contributed by atoms with van der Waals surface area (Å²) in [7, 11) is 0. The molecule has 0 unspecified atom stereocenters. The van der Waals surface area contributed by atoms with Crippen LogP contribution in [-0.2, 0) is 4.74 Å². The molecule has 0 bridgehead atoms. The fourth-order valence-electron chi connectivity index (χ4n) is 1.71. The number of halogens is 1. The predicted molar refractivity (Wildman–Crippen MR) is 66.7 cm³/mol. The molecule has 0 saturated heterocycles. The molecule has 16 heavy (non-hydrogen) atoms. The minimum atomic E-state index is -0.299. The molecule has 0 aliphatic rings. The maximum atomic E-state index is 11.7. The number of aryl methyl sites for hydroxylation is 1. The summed E-state index contributed by atoms with van der Waals surface area (Å²) in [6.45, 7) is 4.10. The number of aromatic nitrogens is 1. The quantitative estimate of drug-likeness (QED) is 0.857. The van der Waals surface area contributed by atoms with E-state index in [-0.39, 0.29) is 5.97 Å². The van der Waals surface area contributed by atoms with Crippen molar-refractivity contribution in [1.29, 1.82) is 0 Å². The first kappa shape index (κ1) is 11.2. The van der Waals surface area contributed by atoms with Gasteiger partial charge in [-0.2, -0.15) is 0 Å². The van der Waals surface area contributed by atoms with Gasteiger partial charge in [0.15, 0.2) is 0 Å². The van der Waals surface area contributed by atoms with E-state index in [9.17, 15) is 4.79 Å². The number of aromatic amines is 1. The lowest BCUT2D eigenvalue weighted by molar-refractivity contribution is 0.0520. The van der Waals surface area contributed by atoms with Gasteiger partial charge < -0.3 is 9.72 Å². The van der Waals surface area contributed by atoms with E-state index in [0.717, 1.165) is 20.9 Å². The van der Waals surface area contributed by atoms with Gasteiger partial charge in [-0.3, -0.25) is 0 Å². The molecular formula is C12H12BrNO2. The summed E-state index contributed by atoms with van der Waals surface area (Å²) in [5.74, 6) is -0.299. The van der Waals surface area contributed by atoms with E-state index in [1.54, 1.807) is 6.92 Å². The Hall–Kier alpha value is -1.29. The van der Waals surface area contributed by atoms with Gasteiger partial charge in [-0.25, -0.2) is 4.79 Å². The summed E-state index contributed by atoms with van der Waals surface area (Å²) in [5, 5.41) is 1.04. The zero-order chi connectivity index (χ0) is 11.7. The zero-order valence-corrected chi connectivity index (χ0v) is 10.7. The number of H-pyrrole nitrogens is 1. The van der Waals surface area contributed by atoms with Gasteiger partial charge in [0, 0.05) is 15.4 Å². The second-order valence-electron chi connectivity index (χ2n) is 3.54. The molecule has 0 spiro atoms. The average molecular weight is 282 g/mol. The molecule has 2 aromatic rings. The van der Waals surface area contributed by atoms with Crippen molar-refractivity contribution in [3.8, 4) is 0 Å². The molecule has 0 aliphatic carbocycles. The highest BCUT2D eigenvalue weighted by atomic mass is 79.9. The van der Waals surface area contributed by atoms with Crippen LogP contribution in [0.2, 0.25) is 0 Å². The van der Waals surface area contributed by atoms with Crippen LogP contribution in [0.4, 0.5) is 0 Å². The molecule has 0 radical (unpaired) electrons. The molecule has 1 N–H and O–H groups in total. The topological polar surface area (TPSA) is 42.1 Å². The van der Waals surface area contributed by atoms with Gasteiger partial charge in [-0.15, -0.1) is 0 Å². The van der Waals surface area contributed by atoms with Crippen LogP contribution in [-0.4, -0.2) is 17.6 Å². The first-order valence-electron chi connectivity index (χ1n) is 5.08. The molecule has 0 fully saturated rings. The molecule has 0 amide bonds. The van der Waals surface area contributed by atoms with Crippen molar-refractivity contribution in [3.63, 3.8) is 0 Å². The van der Waals surface area contributed by atoms with Crippen LogP contribution in [0.15, 0.2) is 22.7 Å². The lowest BCUT2D eigenvalue weighted by Crippen LogP contribution is -2.06. The minimum absolute atomic E-state index is 0.299. The molecule has 2 rings (SSSR count). The number of hydrogen-bond acceptors (Lipinski definition) is 2.